The number of hydrogen-bond donors (Lipinski definition) is 0. The molecule has 1 fully saturated rings. The van der Waals surface area contributed by atoms with Crippen molar-refractivity contribution >= 4 is 10.0 Å². The molecule has 21 heavy (non-hydrogen) atoms. The topological polar surface area (TPSA) is 49.9 Å². The molecule has 118 valence electrons. The van der Waals surface area contributed by atoms with Gasteiger partial charge in [0.1, 0.15) is 0 Å². The first-order valence-corrected chi connectivity index (χ1v) is 8.59. The van der Waals surface area contributed by atoms with E-state index >= 15 is 0 Å². The number of rotatable bonds is 5. The van der Waals surface area contributed by atoms with E-state index in [1.165, 1.54) is 17.5 Å². The molecule has 1 aromatic rings. The SMILES string of the molecule is CCS(=O)(=O)N1CCN(Cc2ccc(OC)c(F)c2)CC1. The van der Waals surface area contributed by atoms with Crippen LogP contribution in [0.5, 0.6) is 5.75 Å². The molecule has 0 aromatic heterocycles. The molecule has 2 rings (SSSR count). The van der Waals surface area contributed by atoms with Gasteiger partial charge in [0.05, 0.1) is 12.9 Å². The average molecular weight is 316 g/mol. The fourth-order valence-electron chi connectivity index (χ4n) is 2.41. The van der Waals surface area contributed by atoms with E-state index in [0.717, 1.165) is 5.56 Å². The second-order valence-electron chi connectivity index (χ2n) is 5.04. The maximum absolute atomic E-state index is 13.6. The first-order chi connectivity index (χ1) is 9.96. The van der Waals surface area contributed by atoms with Crippen LogP contribution in [0.1, 0.15) is 12.5 Å². The van der Waals surface area contributed by atoms with E-state index in [1.807, 2.05) is 6.07 Å². The van der Waals surface area contributed by atoms with E-state index < -0.39 is 10.0 Å². The number of sulfonamides is 1. The zero-order valence-corrected chi connectivity index (χ0v) is 13.2. The molecule has 0 saturated carbocycles. The molecule has 0 N–H and O–H groups in total. The van der Waals surface area contributed by atoms with Gasteiger partial charge in [-0.25, -0.2) is 12.8 Å². The molecule has 0 unspecified atom stereocenters. The lowest BCUT2D eigenvalue weighted by atomic mass is 10.2. The van der Waals surface area contributed by atoms with Crippen molar-refractivity contribution in [2.45, 2.75) is 13.5 Å². The summed E-state index contributed by atoms with van der Waals surface area (Å²) in [6, 6.07) is 4.91. The van der Waals surface area contributed by atoms with Crippen LogP contribution in [0.4, 0.5) is 4.39 Å². The highest BCUT2D eigenvalue weighted by atomic mass is 32.2. The summed E-state index contributed by atoms with van der Waals surface area (Å²) in [5.41, 5.74) is 0.861. The number of halogens is 1. The number of nitrogens with zero attached hydrogens (tertiary/aromatic N) is 2. The number of piperazine rings is 1. The average Bonchev–Trinajstić information content (AvgIpc) is 2.48. The molecule has 1 saturated heterocycles. The van der Waals surface area contributed by atoms with Crippen LogP contribution in [0.25, 0.3) is 0 Å². The summed E-state index contributed by atoms with van der Waals surface area (Å²) in [6.45, 7) is 4.58. The molecule has 0 spiro atoms. The van der Waals surface area contributed by atoms with Crippen LogP contribution in [0.3, 0.4) is 0 Å². The summed E-state index contributed by atoms with van der Waals surface area (Å²) in [5, 5.41) is 0. The minimum Gasteiger partial charge on any atom is -0.494 e. The Kier molecular flexibility index (Phi) is 5.18. The minimum absolute atomic E-state index is 0.136. The Morgan fingerprint density at radius 3 is 2.43 bits per heavy atom. The standard InChI is InChI=1S/C14H21FN2O3S/c1-3-21(18,19)17-8-6-16(7-9-17)11-12-4-5-14(20-2)13(15)10-12/h4-5,10H,3,6-9,11H2,1-2H3. The van der Waals surface area contributed by atoms with Crippen molar-refractivity contribution in [2.75, 3.05) is 39.0 Å². The van der Waals surface area contributed by atoms with Gasteiger partial charge < -0.3 is 4.74 Å². The Bertz CT molecular complexity index is 584. The van der Waals surface area contributed by atoms with Gasteiger partial charge in [-0.15, -0.1) is 0 Å². The zero-order chi connectivity index (χ0) is 15.5. The first kappa shape index (κ1) is 16.2. The molecule has 7 heteroatoms. The van der Waals surface area contributed by atoms with E-state index in [-0.39, 0.29) is 17.3 Å². The number of benzene rings is 1. The monoisotopic (exact) mass is 316 g/mol. The van der Waals surface area contributed by atoms with Crippen molar-refractivity contribution in [3.05, 3.63) is 29.6 Å². The van der Waals surface area contributed by atoms with Crippen molar-refractivity contribution in [3.63, 3.8) is 0 Å². The lowest BCUT2D eigenvalue weighted by molar-refractivity contribution is 0.181. The molecule has 0 aliphatic carbocycles. The van der Waals surface area contributed by atoms with Gasteiger partial charge in [-0.3, -0.25) is 4.90 Å². The molecule has 0 amide bonds. The summed E-state index contributed by atoms with van der Waals surface area (Å²) < 4.78 is 43.6. The van der Waals surface area contributed by atoms with Gasteiger partial charge in [0.25, 0.3) is 0 Å². The van der Waals surface area contributed by atoms with Crippen LogP contribution in [0.2, 0.25) is 0 Å². The van der Waals surface area contributed by atoms with Gasteiger partial charge in [-0.1, -0.05) is 6.07 Å². The smallest absolute Gasteiger partial charge is 0.213 e. The molecule has 1 aromatic carbocycles. The third-order valence-corrected chi connectivity index (χ3v) is 5.59. The molecule has 0 bridgehead atoms. The predicted octanol–water partition coefficient (Wildman–Crippen LogP) is 1.30. The lowest BCUT2D eigenvalue weighted by Crippen LogP contribution is -2.48. The zero-order valence-electron chi connectivity index (χ0n) is 12.4. The number of methoxy groups -OCH3 is 1. The summed E-state index contributed by atoms with van der Waals surface area (Å²) in [7, 11) is -1.67. The van der Waals surface area contributed by atoms with Crippen molar-refractivity contribution < 1.29 is 17.5 Å². The summed E-state index contributed by atoms with van der Waals surface area (Å²) in [5.74, 6) is -0.00346. The van der Waals surface area contributed by atoms with Gasteiger partial charge in [-0.2, -0.15) is 4.31 Å². The third kappa shape index (κ3) is 3.93. The van der Waals surface area contributed by atoms with E-state index in [1.54, 1.807) is 13.0 Å². The first-order valence-electron chi connectivity index (χ1n) is 6.99. The second kappa shape index (κ2) is 6.72. The third-order valence-electron chi connectivity index (χ3n) is 3.71. The van der Waals surface area contributed by atoms with Crippen LogP contribution in [0.15, 0.2) is 18.2 Å². The van der Waals surface area contributed by atoms with Crippen molar-refractivity contribution in [2.24, 2.45) is 0 Å². The highest BCUT2D eigenvalue weighted by molar-refractivity contribution is 7.89. The van der Waals surface area contributed by atoms with Gasteiger partial charge in [0.15, 0.2) is 11.6 Å². The van der Waals surface area contributed by atoms with Crippen molar-refractivity contribution in [3.8, 4) is 5.75 Å². The van der Waals surface area contributed by atoms with Crippen LogP contribution in [-0.4, -0.2) is 56.7 Å². The van der Waals surface area contributed by atoms with Crippen LogP contribution in [-0.2, 0) is 16.6 Å². The highest BCUT2D eigenvalue weighted by Gasteiger charge is 2.25. The Labute approximate surface area is 125 Å². The number of hydrogen-bond acceptors (Lipinski definition) is 4. The van der Waals surface area contributed by atoms with Gasteiger partial charge in [0.2, 0.25) is 10.0 Å². The Balaban J connectivity index is 1.93. The maximum atomic E-state index is 13.6. The number of ether oxygens (including phenoxy) is 1. The fraction of sp³-hybridized carbons (Fsp3) is 0.571. The highest BCUT2D eigenvalue weighted by Crippen LogP contribution is 2.19. The fourth-order valence-corrected chi connectivity index (χ4v) is 3.50. The summed E-state index contributed by atoms with van der Waals surface area (Å²) >= 11 is 0. The Hall–Kier alpha value is -1.18. The molecule has 0 atom stereocenters. The summed E-state index contributed by atoms with van der Waals surface area (Å²) in [6.07, 6.45) is 0. The molecule has 5 nitrogen and oxygen atoms in total. The molecule has 1 aliphatic rings. The maximum Gasteiger partial charge on any atom is 0.213 e. The molecule has 1 aliphatic heterocycles. The lowest BCUT2D eigenvalue weighted by Gasteiger charge is -2.33. The largest absolute Gasteiger partial charge is 0.494 e. The second-order valence-corrected chi connectivity index (χ2v) is 7.30. The normalized spacial score (nSPS) is 17.9. The Morgan fingerprint density at radius 2 is 1.90 bits per heavy atom. The van der Waals surface area contributed by atoms with Crippen LogP contribution >= 0.6 is 0 Å². The van der Waals surface area contributed by atoms with Crippen molar-refractivity contribution in [1.29, 1.82) is 0 Å². The van der Waals surface area contributed by atoms with Crippen LogP contribution in [0, 0.1) is 5.82 Å². The van der Waals surface area contributed by atoms with E-state index in [4.69, 9.17) is 4.74 Å². The van der Waals surface area contributed by atoms with E-state index in [2.05, 4.69) is 4.90 Å². The summed E-state index contributed by atoms with van der Waals surface area (Å²) in [4.78, 5) is 2.13. The molecular weight excluding hydrogens is 295 g/mol. The van der Waals surface area contributed by atoms with Gasteiger partial charge in [-0.05, 0) is 24.6 Å². The van der Waals surface area contributed by atoms with Crippen molar-refractivity contribution in [1.82, 2.24) is 9.21 Å². The predicted molar refractivity (Wildman–Crippen MR) is 79.3 cm³/mol. The van der Waals surface area contributed by atoms with Crippen LogP contribution < -0.4 is 4.74 Å². The van der Waals surface area contributed by atoms with Gasteiger partial charge in [0, 0.05) is 32.7 Å². The Morgan fingerprint density at radius 1 is 1.24 bits per heavy atom. The quantitative estimate of drug-likeness (QED) is 0.822. The molecular formula is C14H21FN2O3S. The molecule has 1 heterocycles. The van der Waals surface area contributed by atoms with E-state index in [0.29, 0.717) is 32.7 Å². The van der Waals surface area contributed by atoms with Gasteiger partial charge >= 0.3 is 0 Å². The molecule has 0 radical (unpaired) electrons. The van der Waals surface area contributed by atoms with E-state index in [9.17, 15) is 12.8 Å². The minimum atomic E-state index is -3.10.